The first kappa shape index (κ1) is 18.8. The van der Waals surface area contributed by atoms with Gasteiger partial charge in [0.05, 0.1) is 7.11 Å². The maximum absolute atomic E-state index is 16.0. The number of ketones is 1. The van der Waals surface area contributed by atoms with Gasteiger partial charge in [0.15, 0.2) is 5.54 Å². The number of hydrogen-bond donors (Lipinski definition) is 1. The van der Waals surface area contributed by atoms with Crippen LogP contribution in [0, 0.1) is 0 Å². The fourth-order valence-electron chi connectivity index (χ4n) is 3.75. The molecule has 0 bridgehead atoms. The van der Waals surface area contributed by atoms with Gasteiger partial charge in [-0.05, 0) is 23.8 Å². The fraction of sp³-hybridized carbons (Fsp3) is 0.130. The first-order chi connectivity index (χ1) is 13.9. The molecule has 0 aromatic heterocycles. The molecule has 4 rings (SSSR count). The highest BCUT2D eigenvalue weighted by molar-refractivity contribution is 6.07. The van der Waals surface area contributed by atoms with E-state index in [-0.39, 0.29) is 22.3 Å². The summed E-state index contributed by atoms with van der Waals surface area (Å²) < 4.78 is 37.1. The Hall–Kier alpha value is -3.54. The second kappa shape index (κ2) is 6.81. The minimum atomic E-state index is -3.95. The summed E-state index contributed by atoms with van der Waals surface area (Å²) in [6.07, 6.45) is 0. The molecule has 1 atom stereocenters. The second-order valence-electron chi connectivity index (χ2n) is 6.75. The topological polar surface area (TPSA) is 55.4 Å². The minimum Gasteiger partial charge on any atom is -0.497 e. The fourth-order valence-corrected chi connectivity index (χ4v) is 3.75. The van der Waals surface area contributed by atoms with Crippen molar-refractivity contribution in [3.05, 3.63) is 101 Å². The van der Waals surface area contributed by atoms with Crippen LogP contribution in [-0.2, 0) is 5.54 Å². The van der Waals surface area contributed by atoms with E-state index in [1.165, 1.54) is 67.8 Å². The van der Waals surface area contributed by atoms with Crippen molar-refractivity contribution in [2.75, 3.05) is 7.11 Å². The third-order valence-electron chi connectivity index (χ3n) is 5.19. The van der Waals surface area contributed by atoms with Gasteiger partial charge < -0.3 is 10.1 Å². The van der Waals surface area contributed by atoms with Crippen LogP contribution in [0.2, 0.25) is 0 Å². The zero-order chi connectivity index (χ0) is 20.6. The van der Waals surface area contributed by atoms with E-state index in [2.05, 4.69) is 5.32 Å². The van der Waals surface area contributed by atoms with Crippen molar-refractivity contribution in [1.29, 1.82) is 0 Å². The molecule has 0 saturated heterocycles. The van der Waals surface area contributed by atoms with Crippen molar-refractivity contribution in [1.82, 2.24) is 5.32 Å². The van der Waals surface area contributed by atoms with Gasteiger partial charge in [-0.3, -0.25) is 9.59 Å². The molecule has 4 nitrogen and oxygen atoms in total. The van der Waals surface area contributed by atoms with Gasteiger partial charge in [-0.1, -0.05) is 60.7 Å². The molecule has 6 heteroatoms. The molecule has 1 heterocycles. The number of fused-ring (bicyclic) bond motifs is 1. The van der Waals surface area contributed by atoms with Crippen LogP contribution in [0.15, 0.2) is 78.9 Å². The summed E-state index contributed by atoms with van der Waals surface area (Å²) in [4.78, 5) is 25.5. The molecule has 0 fully saturated rings. The Kier molecular flexibility index (Phi) is 4.42. The van der Waals surface area contributed by atoms with Gasteiger partial charge in [0, 0.05) is 16.7 Å². The van der Waals surface area contributed by atoms with Gasteiger partial charge in [-0.15, -0.1) is 0 Å². The van der Waals surface area contributed by atoms with Gasteiger partial charge in [-0.25, -0.2) is 0 Å². The predicted octanol–water partition coefficient (Wildman–Crippen LogP) is 4.20. The molecule has 1 unspecified atom stereocenters. The molecule has 146 valence electrons. The van der Waals surface area contributed by atoms with Gasteiger partial charge in [0.25, 0.3) is 5.91 Å². The number of ether oxygens (including phenoxy) is 1. The van der Waals surface area contributed by atoms with E-state index in [1.807, 2.05) is 0 Å². The largest absolute Gasteiger partial charge is 0.497 e. The molecular formula is C23H17F2NO3. The molecule has 1 amide bonds. The number of alkyl halides is 2. The number of nitrogens with one attached hydrogen (secondary N) is 1. The average molecular weight is 393 g/mol. The Labute approximate surface area is 166 Å². The number of halogens is 2. The average Bonchev–Trinajstić information content (AvgIpc) is 3.08. The summed E-state index contributed by atoms with van der Waals surface area (Å²) in [5.74, 6) is -5.51. The van der Waals surface area contributed by atoms with Crippen molar-refractivity contribution in [3.8, 4) is 5.75 Å². The Morgan fingerprint density at radius 3 is 2.21 bits per heavy atom. The van der Waals surface area contributed by atoms with E-state index in [0.717, 1.165) is 0 Å². The number of carbonyl (C=O) groups excluding carboxylic acids is 2. The van der Waals surface area contributed by atoms with Crippen molar-refractivity contribution in [3.63, 3.8) is 0 Å². The molecule has 29 heavy (non-hydrogen) atoms. The van der Waals surface area contributed by atoms with Crippen molar-refractivity contribution in [2.45, 2.75) is 11.5 Å². The highest BCUT2D eigenvalue weighted by Crippen LogP contribution is 2.49. The third kappa shape index (κ3) is 2.71. The van der Waals surface area contributed by atoms with Gasteiger partial charge >= 0.3 is 5.92 Å². The van der Waals surface area contributed by atoms with Crippen LogP contribution < -0.4 is 10.1 Å². The summed E-state index contributed by atoms with van der Waals surface area (Å²) in [6.45, 7) is 0. The monoisotopic (exact) mass is 393 g/mol. The van der Waals surface area contributed by atoms with Gasteiger partial charge in [-0.2, -0.15) is 8.78 Å². The smallest absolute Gasteiger partial charge is 0.340 e. The lowest BCUT2D eigenvalue weighted by Gasteiger charge is -2.37. The van der Waals surface area contributed by atoms with Crippen molar-refractivity contribution in [2.24, 2.45) is 0 Å². The van der Waals surface area contributed by atoms with E-state index >= 15 is 8.78 Å². The molecule has 3 aromatic carbocycles. The summed E-state index contributed by atoms with van der Waals surface area (Å²) in [5, 5.41) is 2.43. The van der Waals surface area contributed by atoms with E-state index in [9.17, 15) is 9.59 Å². The van der Waals surface area contributed by atoms with Crippen LogP contribution in [0.5, 0.6) is 5.75 Å². The standard InChI is InChI=1S/C23H17F2NO3/c1-29-17-13-11-16(12-14-17)22(19-10-6-5-9-18(19)21(28)26-22)23(24,25)20(27)15-7-3-2-4-8-15/h2-14H,1H3,(H,26,28). The molecule has 0 saturated carbocycles. The van der Waals surface area contributed by atoms with E-state index < -0.39 is 23.2 Å². The quantitative estimate of drug-likeness (QED) is 0.661. The van der Waals surface area contributed by atoms with Gasteiger partial charge in [0.1, 0.15) is 5.75 Å². The van der Waals surface area contributed by atoms with Crippen molar-refractivity contribution < 1.29 is 23.1 Å². The molecule has 0 spiro atoms. The van der Waals surface area contributed by atoms with E-state index in [4.69, 9.17) is 4.74 Å². The van der Waals surface area contributed by atoms with Crippen LogP contribution in [0.1, 0.15) is 31.8 Å². The summed E-state index contributed by atoms with van der Waals surface area (Å²) in [7, 11) is 1.46. The van der Waals surface area contributed by atoms with Crippen molar-refractivity contribution >= 4 is 11.7 Å². The SMILES string of the molecule is COc1ccc(C2(C(F)(F)C(=O)c3ccccc3)NC(=O)c3ccccc32)cc1. The number of carbonyl (C=O) groups is 2. The first-order valence-electron chi connectivity index (χ1n) is 8.96. The zero-order valence-electron chi connectivity index (χ0n) is 15.5. The number of rotatable bonds is 5. The molecule has 0 radical (unpaired) electrons. The lowest BCUT2D eigenvalue weighted by molar-refractivity contribution is -0.0411. The summed E-state index contributed by atoms with van der Waals surface area (Å²) in [6, 6.07) is 19.3. The lowest BCUT2D eigenvalue weighted by atomic mass is 9.75. The van der Waals surface area contributed by atoms with E-state index in [1.54, 1.807) is 18.2 Å². The Balaban J connectivity index is 1.97. The van der Waals surface area contributed by atoms with E-state index in [0.29, 0.717) is 5.75 Å². The van der Waals surface area contributed by atoms with Crippen LogP contribution in [-0.4, -0.2) is 24.7 Å². The van der Waals surface area contributed by atoms with Crippen LogP contribution in [0.3, 0.4) is 0 Å². The minimum absolute atomic E-state index is 0.0597. The Morgan fingerprint density at radius 1 is 0.931 bits per heavy atom. The van der Waals surface area contributed by atoms with Crippen LogP contribution in [0.25, 0.3) is 0 Å². The third-order valence-corrected chi connectivity index (χ3v) is 5.19. The Morgan fingerprint density at radius 2 is 1.55 bits per heavy atom. The molecule has 3 aromatic rings. The maximum Gasteiger partial charge on any atom is 0.340 e. The lowest BCUT2D eigenvalue weighted by Crippen LogP contribution is -2.58. The summed E-state index contributed by atoms with van der Waals surface area (Å²) >= 11 is 0. The molecule has 1 N–H and O–H groups in total. The number of Topliss-reactive ketones (excluding diaryl/α,β-unsaturated/α-hetero) is 1. The predicted molar refractivity (Wildman–Crippen MR) is 103 cm³/mol. The van der Waals surface area contributed by atoms with Crippen LogP contribution in [0.4, 0.5) is 8.78 Å². The van der Waals surface area contributed by atoms with Crippen LogP contribution >= 0.6 is 0 Å². The number of hydrogen-bond acceptors (Lipinski definition) is 3. The zero-order valence-corrected chi connectivity index (χ0v) is 15.5. The Bertz CT molecular complexity index is 1080. The highest BCUT2D eigenvalue weighted by Gasteiger charge is 2.65. The summed E-state index contributed by atoms with van der Waals surface area (Å²) in [5.41, 5.74) is -2.21. The number of methoxy groups -OCH3 is 1. The maximum atomic E-state index is 16.0. The second-order valence-corrected chi connectivity index (χ2v) is 6.75. The number of benzene rings is 3. The molecular weight excluding hydrogens is 376 g/mol. The first-order valence-corrected chi connectivity index (χ1v) is 8.96. The van der Waals surface area contributed by atoms with Gasteiger partial charge in [0.2, 0.25) is 5.78 Å². The normalized spacial score (nSPS) is 18.1. The molecule has 1 aliphatic heterocycles. The number of amides is 1. The molecule has 1 aliphatic rings. The highest BCUT2D eigenvalue weighted by atomic mass is 19.3. The molecule has 0 aliphatic carbocycles.